The highest BCUT2D eigenvalue weighted by Crippen LogP contribution is 2.63. The number of nitro groups is 1. The van der Waals surface area contributed by atoms with E-state index in [1.165, 1.54) is 6.07 Å². The Bertz CT molecular complexity index is 1040. The monoisotopic (exact) mass is 433 g/mol. The Balaban J connectivity index is 1.41. The molecule has 0 aliphatic carbocycles. The van der Waals surface area contributed by atoms with Crippen LogP contribution < -0.4 is 14.2 Å². The van der Waals surface area contributed by atoms with Gasteiger partial charge < -0.3 is 14.2 Å². The second-order valence-corrected chi connectivity index (χ2v) is 9.57. The van der Waals surface area contributed by atoms with Crippen LogP contribution in [-0.4, -0.2) is 47.2 Å². The van der Waals surface area contributed by atoms with E-state index in [0.717, 1.165) is 26.2 Å². The predicted molar refractivity (Wildman–Crippen MR) is 106 cm³/mol. The van der Waals surface area contributed by atoms with E-state index in [0.29, 0.717) is 22.8 Å². The highest BCUT2D eigenvalue weighted by Gasteiger charge is 2.50. The lowest BCUT2D eigenvalue weighted by molar-refractivity contribution is -0.385. The van der Waals surface area contributed by atoms with Crippen molar-refractivity contribution in [2.45, 2.75) is 13.0 Å². The number of rotatable bonds is 8. The van der Waals surface area contributed by atoms with E-state index in [1.807, 2.05) is 9.34 Å². The van der Waals surface area contributed by atoms with Crippen LogP contribution in [0.2, 0.25) is 0 Å². The summed E-state index contributed by atoms with van der Waals surface area (Å²) in [6.07, 6.45) is -0.531. The average molecular weight is 433 g/mol. The Morgan fingerprint density at radius 2 is 1.77 bits per heavy atom. The van der Waals surface area contributed by atoms with E-state index in [-0.39, 0.29) is 18.2 Å². The van der Waals surface area contributed by atoms with Gasteiger partial charge in [0, 0.05) is 38.3 Å². The lowest BCUT2D eigenvalue weighted by Gasteiger charge is -2.24. The summed E-state index contributed by atoms with van der Waals surface area (Å²) in [5.74, 6) is 1.56. The first-order chi connectivity index (χ1) is 14.4. The summed E-state index contributed by atoms with van der Waals surface area (Å²) < 4.78 is 39.3. The average Bonchev–Trinajstić information content (AvgIpc) is 3.64. The molecule has 0 bridgehead atoms. The van der Waals surface area contributed by atoms with Crippen LogP contribution in [0.1, 0.15) is 18.6 Å². The summed E-state index contributed by atoms with van der Waals surface area (Å²) in [6.45, 7) is 4.90. The lowest BCUT2D eigenvalue weighted by Crippen LogP contribution is -2.10. The molecule has 1 atom stereocenters. The molecule has 158 valence electrons. The first kappa shape index (κ1) is 19.3. The van der Waals surface area contributed by atoms with Gasteiger partial charge in [0.25, 0.3) is 0 Å². The molecule has 0 aromatic heterocycles. The number of hydrogen-bond donors (Lipinski definition) is 0. The fourth-order valence-corrected chi connectivity index (χ4v) is 5.61. The summed E-state index contributed by atoms with van der Waals surface area (Å²) in [7, 11) is -3.02. The van der Waals surface area contributed by atoms with Crippen LogP contribution in [0.3, 0.4) is 0 Å². The molecular weight excluding hydrogens is 413 g/mol. The van der Waals surface area contributed by atoms with Crippen molar-refractivity contribution in [3.63, 3.8) is 0 Å². The van der Waals surface area contributed by atoms with Crippen LogP contribution in [0.15, 0.2) is 36.4 Å². The van der Waals surface area contributed by atoms with E-state index in [1.54, 1.807) is 37.3 Å². The van der Waals surface area contributed by atoms with Gasteiger partial charge in [-0.25, -0.2) is 9.34 Å². The Labute approximate surface area is 172 Å². The van der Waals surface area contributed by atoms with Crippen molar-refractivity contribution in [3.8, 4) is 23.0 Å². The van der Waals surface area contributed by atoms with Crippen molar-refractivity contribution < 1.29 is 28.2 Å². The third kappa shape index (κ3) is 3.63. The summed E-state index contributed by atoms with van der Waals surface area (Å²) in [5.41, 5.74) is 0.462. The Morgan fingerprint density at radius 3 is 2.43 bits per heavy atom. The molecule has 0 radical (unpaired) electrons. The fourth-order valence-electron chi connectivity index (χ4n) is 3.26. The van der Waals surface area contributed by atoms with Crippen molar-refractivity contribution in [2.75, 3.05) is 33.0 Å². The zero-order valence-corrected chi connectivity index (χ0v) is 17.1. The van der Waals surface area contributed by atoms with Crippen molar-refractivity contribution in [2.24, 2.45) is 0 Å². The molecule has 3 aliphatic heterocycles. The minimum Gasteiger partial charge on any atom is -0.454 e. The summed E-state index contributed by atoms with van der Waals surface area (Å²) in [4.78, 5) is 11.0. The minimum absolute atomic E-state index is 0.0695. The van der Waals surface area contributed by atoms with E-state index < -0.39 is 18.7 Å². The van der Waals surface area contributed by atoms with E-state index >= 15 is 0 Å². The maximum atomic E-state index is 13.2. The fraction of sp³-hybridized carbons (Fsp3) is 0.368. The molecule has 2 aromatic rings. The van der Waals surface area contributed by atoms with Crippen molar-refractivity contribution in [1.82, 2.24) is 9.34 Å². The minimum atomic E-state index is -3.02. The summed E-state index contributed by atoms with van der Waals surface area (Å²) in [6, 6.07) is 9.49. The van der Waals surface area contributed by atoms with Crippen LogP contribution in [0.4, 0.5) is 5.69 Å². The molecule has 3 aliphatic rings. The van der Waals surface area contributed by atoms with Gasteiger partial charge in [0.1, 0.15) is 5.75 Å². The predicted octanol–water partition coefficient (Wildman–Crippen LogP) is 3.93. The highest BCUT2D eigenvalue weighted by atomic mass is 31.2. The first-order valence-corrected chi connectivity index (χ1v) is 11.1. The van der Waals surface area contributed by atoms with Crippen molar-refractivity contribution in [1.29, 1.82) is 0 Å². The van der Waals surface area contributed by atoms with Crippen LogP contribution >= 0.6 is 7.67 Å². The topological polar surface area (TPSA) is 103 Å². The molecule has 0 spiro atoms. The van der Waals surface area contributed by atoms with Crippen LogP contribution in [0, 0.1) is 10.1 Å². The van der Waals surface area contributed by atoms with Gasteiger partial charge in [-0.1, -0.05) is 0 Å². The van der Waals surface area contributed by atoms with Gasteiger partial charge in [-0.05, 0) is 36.8 Å². The molecule has 3 heterocycles. The van der Waals surface area contributed by atoms with Gasteiger partial charge in [-0.15, -0.1) is 0 Å². The quantitative estimate of drug-likeness (QED) is 0.265. The molecule has 2 fully saturated rings. The Kier molecular flexibility index (Phi) is 4.67. The maximum absolute atomic E-state index is 13.2. The molecular formula is C19H20N3O7P. The molecule has 11 heteroatoms. The van der Waals surface area contributed by atoms with Crippen LogP contribution in [-0.2, 0) is 9.09 Å². The SMILES string of the molecule is CC(OP(=O)(N1CC1)N1CC1)c1ccc([N+](=O)[O-])c(Oc2ccc3c(c2)OCO3)c1. The van der Waals surface area contributed by atoms with Gasteiger partial charge in [0.05, 0.1) is 11.0 Å². The number of benzene rings is 2. The smallest absolute Gasteiger partial charge is 0.346 e. The third-order valence-corrected chi connectivity index (χ3v) is 7.90. The molecule has 0 saturated carbocycles. The van der Waals surface area contributed by atoms with Gasteiger partial charge in [-0.3, -0.25) is 19.2 Å². The van der Waals surface area contributed by atoms with Gasteiger partial charge >= 0.3 is 13.4 Å². The molecule has 0 N–H and O–H groups in total. The highest BCUT2D eigenvalue weighted by molar-refractivity contribution is 7.54. The lowest BCUT2D eigenvalue weighted by atomic mass is 10.1. The van der Waals surface area contributed by atoms with Gasteiger partial charge in [-0.2, -0.15) is 0 Å². The Hall–Kier alpha value is -2.65. The second kappa shape index (κ2) is 7.24. The zero-order chi connectivity index (χ0) is 20.9. The molecule has 2 aromatic carbocycles. The molecule has 0 amide bonds. The van der Waals surface area contributed by atoms with Crippen molar-refractivity contribution in [3.05, 3.63) is 52.1 Å². The third-order valence-electron chi connectivity index (χ3n) is 5.08. The number of nitrogens with zero attached hydrogens (tertiary/aromatic N) is 3. The van der Waals surface area contributed by atoms with Crippen LogP contribution in [0.5, 0.6) is 23.0 Å². The van der Waals surface area contributed by atoms with E-state index in [4.69, 9.17) is 18.7 Å². The van der Waals surface area contributed by atoms with Crippen LogP contribution in [0.25, 0.3) is 0 Å². The first-order valence-electron chi connectivity index (χ1n) is 9.59. The second-order valence-electron chi connectivity index (χ2n) is 7.25. The summed E-state index contributed by atoms with van der Waals surface area (Å²) in [5, 5.41) is 11.5. The number of ether oxygens (including phenoxy) is 3. The van der Waals surface area contributed by atoms with Gasteiger partial charge in [0.15, 0.2) is 11.5 Å². The number of hydrogen-bond acceptors (Lipinski definition) is 7. The maximum Gasteiger partial charge on any atom is 0.346 e. The zero-order valence-electron chi connectivity index (χ0n) is 16.2. The summed E-state index contributed by atoms with van der Waals surface area (Å²) >= 11 is 0. The largest absolute Gasteiger partial charge is 0.454 e. The molecule has 30 heavy (non-hydrogen) atoms. The van der Waals surface area contributed by atoms with E-state index in [2.05, 4.69) is 0 Å². The van der Waals surface area contributed by atoms with Crippen molar-refractivity contribution >= 4 is 13.4 Å². The molecule has 2 saturated heterocycles. The van der Waals surface area contributed by atoms with E-state index in [9.17, 15) is 14.7 Å². The molecule has 10 nitrogen and oxygen atoms in total. The normalized spacial score (nSPS) is 18.8. The number of nitro benzene ring substituents is 1. The Morgan fingerprint density at radius 1 is 1.07 bits per heavy atom. The van der Waals surface area contributed by atoms with Gasteiger partial charge in [0.2, 0.25) is 12.5 Å². The number of fused-ring (bicyclic) bond motifs is 1. The molecule has 5 rings (SSSR count). The standard InChI is InChI=1S/C19H20N3O7P/c1-13(29-30(25,20-6-7-20)21-8-9-21)14-2-4-16(22(23)24)18(10-14)28-15-3-5-17-19(11-15)27-12-26-17/h2-5,10-11,13H,6-9,12H2,1H3. The molecule has 1 unspecified atom stereocenters.